The van der Waals surface area contributed by atoms with Gasteiger partial charge in [0.2, 0.25) is 0 Å². The van der Waals surface area contributed by atoms with Crippen LogP contribution in [0.2, 0.25) is 0 Å². The van der Waals surface area contributed by atoms with E-state index in [4.69, 9.17) is 0 Å². The van der Waals surface area contributed by atoms with Gasteiger partial charge in [-0.2, -0.15) is 0 Å². The van der Waals surface area contributed by atoms with Crippen molar-refractivity contribution in [3.63, 3.8) is 0 Å². The van der Waals surface area contributed by atoms with E-state index < -0.39 is 0 Å². The van der Waals surface area contributed by atoms with Gasteiger partial charge in [-0.25, -0.2) is 0 Å². The fourth-order valence-electron chi connectivity index (χ4n) is 3.82. The van der Waals surface area contributed by atoms with Crippen LogP contribution in [0.25, 0.3) is 0 Å². The van der Waals surface area contributed by atoms with Crippen LogP contribution >= 0.6 is 0 Å². The van der Waals surface area contributed by atoms with Gasteiger partial charge in [0.25, 0.3) is 0 Å². The summed E-state index contributed by atoms with van der Waals surface area (Å²) in [4.78, 5) is 3.91. The molecule has 0 unspecified atom stereocenters. The first-order valence-electron chi connectivity index (χ1n) is 10.8. The van der Waals surface area contributed by atoms with Crippen molar-refractivity contribution < 1.29 is 10.2 Å². The van der Waals surface area contributed by atoms with E-state index in [2.05, 4.69) is 10.6 Å². The molecule has 6 heteroatoms. The maximum absolute atomic E-state index is 10.3. The third kappa shape index (κ3) is 4.80. The van der Waals surface area contributed by atoms with Crippen LogP contribution in [-0.2, 0) is 0 Å². The minimum Gasteiger partial charge on any atom is -0.506 e. The Kier molecular flexibility index (Phi) is 6.55. The summed E-state index contributed by atoms with van der Waals surface area (Å²) in [5, 5.41) is 27.4. The predicted octanol–water partition coefficient (Wildman–Crippen LogP) is 6.12. The van der Waals surface area contributed by atoms with Crippen LogP contribution in [0.5, 0.6) is 11.5 Å². The number of anilines is 6. The molecule has 0 bridgehead atoms. The molecule has 0 spiro atoms. The number of benzene rings is 4. The van der Waals surface area contributed by atoms with Crippen molar-refractivity contribution in [2.24, 2.45) is 0 Å². The van der Waals surface area contributed by atoms with Crippen molar-refractivity contribution in [3.8, 4) is 11.5 Å². The van der Waals surface area contributed by atoms with E-state index in [0.717, 1.165) is 34.1 Å². The van der Waals surface area contributed by atoms with Gasteiger partial charge in [-0.05, 0) is 48.5 Å². The number of aromatic hydroxyl groups is 2. The van der Waals surface area contributed by atoms with Gasteiger partial charge in [-0.3, -0.25) is 0 Å². The normalized spacial score (nSPS) is 10.5. The topological polar surface area (TPSA) is 71.0 Å². The van der Waals surface area contributed by atoms with E-state index in [1.165, 1.54) is 0 Å². The molecule has 0 saturated carbocycles. The Balaban J connectivity index is 1.51. The maximum atomic E-state index is 10.3. The molecule has 0 fully saturated rings. The Morgan fingerprint density at radius 1 is 0.515 bits per heavy atom. The van der Waals surface area contributed by atoms with Gasteiger partial charge in [0.05, 0.1) is 40.8 Å². The molecule has 0 aliphatic rings. The summed E-state index contributed by atoms with van der Waals surface area (Å²) in [5.74, 6) is 0.461. The van der Waals surface area contributed by atoms with Gasteiger partial charge in [0, 0.05) is 14.1 Å². The molecular formula is C27H28N4O2. The smallest absolute Gasteiger partial charge is 0.139 e. The fraction of sp³-hybridized carbons (Fsp3) is 0.111. The standard InChI is InChI=1S/C27H28N4O2/c1-30(24-15-7-9-17-26(24)32)22-13-5-3-11-20(22)28-19-29-21-12-4-6-14-23(21)31(2)25-16-8-10-18-27(25)33/h3-18,28-29,32-33H,19H2,1-2H3. The SMILES string of the molecule is CN(c1ccccc1O)c1ccccc1NCNc1ccccc1N(C)c1ccccc1O. The van der Waals surface area contributed by atoms with Crippen molar-refractivity contribution in [1.82, 2.24) is 0 Å². The first-order valence-corrected chi connectivity index (χ1v) is 10.8. The van der Waals surface area contributed by atoms with Crippen molar-refractivity contribution in [2.45, 2.75) is 0 Å². The number of phenols is 2. The zero-order valence-corrected chi connectivity index (χ0v) is 18.7. The number of hydrogen-bond acceptors (Lipinski definition) is 6. The second-order valence-electron chi connectivity index (χ2n) is 7.66. The monoisotopic (exact) mass is 440 g/mol. The summed E-state index contributed by atoms with van der Waals surface area (Å²) in [5.41, 5.74) is 5.22. The quantitative estimate of drug-likeness (QED) is 0.248. The predicted molar refractivity (Wildman–Crippen MR) is 137 cm³/mol. The first kappa shape index (κ1) is 21.9. The third-order valence-electron chi connectivity index (χ3n) is 5.57. The first-order chi connectivity index (χ1) is 16.1. The average Bonchev–Trinajstić information content (AvgIpc) is 2.84. The van der Waals surface area contributed by atoms with E-state index in [9.17, 15) is 10.2 Å². The number of phenolic OH excluding ortho intramolecular Hbond substituents is 2. The molecular weight excluding hydrogens is 412 g/mol. The number of hydrogen-bond donors (Lipinski definition) is 4. The van der Waals surface area contributed by atoms with Gasteiger partial charge >= 0.3 is 0 Å². The van der Waals surface area contributed by atoms with Gasteiger partial charge in [-0.1, -0.05) is 48.5 Å². The van der Waals surface area contributed by atoms with Crippen molar-refractivity contribution in [3.05, 3.63) is 97.1 Å². The van der Waals surface area contributed by atoms with Crippen molar-refractivity contribution in [1.29, 1.82) is 0 Å². The number of para-hydroxylation sites is 8. The Morgan fingerprint density at radius 2 is 0.848 bits per heavy atom. The molecule has 168 valence electrons. The van der Waals surface area contributed by atoms with Gasteiger partial charge in [0.15, 0.2) is 0 Å². The van der Waals surface area contributed by atoms with Crippen LogP contribution in [-0.4, -0.2) is 31.0 Å². The highest BCUT2D eigenvalue weighted by Crippen LogP contribution is 2.37. The molecule has 0 aliphatic carbocycles. The van der Waals surface area contributed by atoms with Crippen LogP contribution in [0.15, 0.2) is 97.1 Å². The summed E-state index contributed by atoms with van der Waals surface area (Å²) in [6.07, 6.45) is 0. The van der Waals surface area contributed by atoms with E-state index in [1.54, 1.807) is 12.1 Å². The van der Waals surface area contributed by atoms with Crippen molar-refractivity contribution in [2.75, 3.05) is 41.2 Å². The molecule has 4 aromatic carbocycles. The van der Waals surface area contributed by atoms with Crippen LogP contribution in [0, 0.1) is 0 Å². The lowest BCUT2D eigenvalue weighted by Crippen LogP contribution is -2.18. The highest BCUT2D eigenvalue weighted by atomic mass is 16.3. The van der Waals surface area contributed by atoms with Crippen LogP contribution in [0.4, 0.5) is 34.1 Å². The summed E-state index contributed by atoms with van der Waals surface area (Å²) in [6.45, 7) is 0.483. The second-order valence-corrected chi connectivity index (χ2v) is 7.66. The van der Waals surface area contributed by atoms with Gasteiger partial charge in [-0.15, -0.1) is 0 Å². The molecule has 33 heavy (non-hydrogen) atoms. The molecule has 0 aromatic heterocycles. The molecule has 4 rings (SSSR count). The van der Waals surface area contributed by atoms with Crippen LogP contribution in [0.1, 0.15) is 0 Å². The molecule has 0 amide bonds. The summed E-state index contributed by atoms with van der Waals surface area (Å²) < 4.78 is 0. The summed E-state index contributed by atoms with van der Waals surface area (Å²) >= 11 is 0. The highest BCUT2D eigenvalue weighted by Gasteiger charge is 2.13. The number of rotatable bonds is 8. The maximum Gasteiger partial charge on any atom is 0.139 e. The highest BCUT2D eigenvalue weighted by molar-refractivity contribution is 5.80. The Bertz CT molecular complexity index is 1130. The number of nitrogens with zero attached hydrogens (tertiary/aromatic N) is 2. The molecule has 4 aromatic rings. The zero-order valence-electron chi connectivity index (χ0n) is 18.7. The molecule has 0 saturated heterocycles. The zero-order chi connectivity index (χ0) is 23.2. The Morgan fingerprint density at radius 3 is 1.24 bits per heavy atom. The van der Waals surface area contributed by atoms with Crippen LogP contribution in [0.3, 0.4) is 0 Å². The molecule has 0 radical (unpaired) electrons. The Hall–Kier alpha value is -4.32. The Labute approximate surface area is 194 Å². The molecule has 0 heterocycles. The van der Waals surface area contributed by atoms with Gasteiger partial charge in [0.1, 0.15) is 11.5 Å². The lowest BCUT2D eigenvalue weighted by atomic mass is 10.2. The van der Waals surface area contributed by atoms with Crippen molar-refractivity contribution >= 4 is 34.1 Å². The van der Waals surface area contributed by atoms with Gasteiger partial charge < -0.3 is 30.6 Å². The van der Waals surface area contributed by atoms with E-state index in [-0.39, 0.29) is 11.5 Å². The molecule has 6 nitrogen and oxygen atoms in total. The molecule has 4 N–H and O–H groups in total. The van der Waals surface area contributed by atoms with E-state index in [1.807, 2.05) is 109 Å². The molecule has 0 aliphatic heterocycles. The van der Waals surface area contributed by atoms with E-state index >= 15 is 0 Å². The largest absolute Gasteiger partial charge is 0.506 e. The minimum atomic E-state index is 0.231. The average molecular weight is 441 g/mol. The van der Waals surface area contributed by atoms with E-state index in [0.29, 0.717) is 6.67 Å². The summed E-state index contributed by atoms with van der Waals surface area (Å²) in [7, 11) is 3.86. The van der Waals surface area contributed by atoms with Crippen LogP contribution < -0.4 is 20.4 Å². The minimum absolute atomic E-state index is 0.231. The lowest BCUT2D eigenvalue weighted by Gasteiger charge is -2.25. The summed E-state index contributed by atoms with van der Waals surface area (Å²) in [6, 6.07) is 30.5. The number of nitrogens with one attached hydrogen (secondary N) is 2. The molecule has 0 atom stereocenters. The second kappa shape index (κ2) is 9.87. The fourth-order valence-corrected chi connectivity index (χ4v) is 3.82. The third-order valence-corrected chi connectivity index (χ3v) is 5.57. The lowest BCUT2D eigenvalue weighted by molar-refractivity contribution is 0.475.